The lowest BCUT2D eigenvalue weighted by atomic mass is 10.1. The number of carbonyl (C=O) groups excluding carboxylic acids is 1. The van der Waals surface area contributed by atoms with Gasteiger partial charge in [0.05, 0.1) is 0 Å². The van der Waals surface area contributed by atoms with Crippen LogP contribution in [0.25, 0.3) is 0 Å². The van der Waals surface area contributed by atoms with Crippen LogP contribution in [-0.2, 0) is 9.59 Å². The number of hydrogen-bond acceptors (Lipinski definition) is 2. The van der Waals surface area contributed by atoms with E-state index in [0.29, 0.717) is 11.8 Å². The first kappa shape index (κ1) is 12.3. The maximum absolute atomic E-state index is 12.1. The maximum atomic E-state index is 12.1. The van der Waals surface area contributed by atoms with Crippen molar-refractivity contribution in [2.24, 2.45) is 17.8 Å². The van der Waals surface area contributed by atoms with E-state index in [1.807, 2.05) is 0 Å². The van der Waals surface area contributed by atoms with Crippen LogP contribution in [0.1, 0.15) is 25.7 Å². The molecular weight excluding hydrogens is 232 g/mol. The van der Waals surface area contributed by atoms with Gasteiger partial charge in [-0.1, -0.05) is 0 Å². The fourth-order valence-electron chi connectivity index (χ4n) is 2.24. The number of carboxylic acids is 1. The van der Waals surface area contributed by atoms with Crippen LogP contribution in [0.2, 0.25) is 0 Å². The van der Waals surface area contributed by atoms with E-state index < -0.39 is 24.9 Å². The zero-order valence-corrected chi connectivity index (χ0v) is 9.23. The maximum Gasteiger partial charge on any atom is 0.326 e. The smallest absolute Gasteiger partial charge is 0.326 e. The van der Waals surface area contributed by atoms with Crippen LogP contribution >= 0.6 is 0 Å². The van der Waals surface area contributed by atoms with Gasteiger partial charge >= 0.3 is 5.97 Å². The highest BCUT2D eigenvalue weighted by Crippen LogP contribution is 2.54. The van der Waals surface area contributed by atoms with Gasteiger partial charge < -0.3 is 10.4 Å². The topological polar surface area (TPSA) is 66.4 Å². The van der Waals surface area contributed by atoms with Gasteiger partial charge in [-0.2, -0.15) is 0 Å². The first-order valence-electron chi connectivity index (χ1n) is 5.80. The molecule has 0 aromatic carbocycles. The molecule has 2 aliphatic rings. The van der Waals surface area contributed by atoms with Gasteiger partial charge in [0.2, 0.25) is 12.3 Å². The molecule has 0 aromatic heterocycles. The van der Waals surface area contributed by atoms with E-state index in [4.69, 9.17) is 5.11 Å². The van der Waals surface area contributed by atoms with Crippen LogP contribution < -0.4 is 5.32 Å². The minimum atomic E-state index is -2.73. The number of alkyl halides is 2. The molecule has 0 heterocycles. The summed E-state index contributed by atoms with van der Waals surface area (Å²) in [5, 5.41) is 10.9. The van der Waals surface area contributed by atoms with Gasteiger partial charge in [-0.25, -0.2) is 13.6 Å². The van der Waals surface area contributed by atoms with Gasteiger partial charge in [-0.15, -0.1) is 0 Å². The van der Waals surface area contributed by atoms with Crippen molar-refractivity contribution in [2.75, 3.05) is 0 Å². The summed E-state index contributed by atoms with van der Waals surface area (Å²) >= 11 is 0. The summed E-state index contributed by atoms with van der Waals surface area (Å²) in [6.07, 6.45) is -0.518. The van der Waals surface area contributed by atoms with E-state index in [1.54, 1.807) is 0 Å². The van der Waals surface area contributed by atoms with E-state index in [-0.39, 0.29) is 11.8 Å². The number of hydrogen-bond donors (Lipinski definition) is 2. The average molecular weight is 247 g/mol. The molecule has 0 radical (unpaired) electrons. The molecule has 0 bridgehead atoms. The fourth-order valence-corrected chi connectivity index (χ4v) is 2.24. The average Bonchev–Trinajstić information content (AvgIpc) is 3.06. The number of carbonyl (C=O) groups is 2. The minimum absolute atomic E-state index is 0.151. The summed E-state index contributed by atoms with van der Waals surface area (Å²) in [6, 6.07) is -1.47. The molecule has 2 fully saturated rings. The summed E-state index contributed by atoms with van der Waals surface area (Å²) in [5.74, 6) is -0.973. The first-order chi connectivity index (χ1) is 7.99. The van der Waals surface area contributed by atoms with E-state index in [2.05, 4.69) is 5.32 Å². The van der Waals surface area contributed by atoms with Crippen molar-refractivity contribution < 1.29 is 23.5 Å². The van der Waals surface area contributed by atoms with E-state index in [1.165, 1.54) is 0 Å². The molecule has 2 rings (SSSR count). The summed E-state index contributed by atoms with van der Waals surface area (Å²) in [7, 11) is 0. The van der Waals surface area contributed by atoms with Crippen molar-refractivity contribution in [3.05, 3.63) is 0 Å². The molecule has 0 aliphatic heterocycles. The zero-order chi connectivity index (χ0) is 12.6. The lowest BCUT2D eigenvalue weighted by molar-refractivity contribution is -0.143. The SMILES string of the molecule is O=C(O)C(CC(F)F)NC(=O)C1CC1C1CC1. The summed E-state index contributed by atoms with van der Waals surface area (Å²) < 4.78 is 24.2. The lowest BCUT2D eigenvalue weighted by Gasteiger charge is -2.13. The van der Waals surface area contributed by atoms with Crippen LogP contribution in [0.15, 0.2) is 0 Å². The zero-order valence-electron chi connectivity index (χ0n) is 9.23. The monoisotopic (exact) mass is 247 g/mol. The predicted molar refractivity (Wildman–Crippen MR) is 54.5 cm³/mol. The number of rotatable bonds is 6. The van der Waals surface area contributed by atoms with Gasteiger partial charge in [0.25, 0.3) is 0 Å². The first-order valence-corrected chi connectivity index (χ1v) is 5.80. The Kier molecular flexibility index (Phi) is 3.31. The van der Waals surface area contributed by atoms with Crippen molar-refractivity contribution in [2.45, 2.75) is 38.2 Å². The van der Waals surface area contributed by atoms with E-state index >= 15 is 0 Å². The second-order valence-electron chi connectivity index (χ2n) is 4.87. The molecule has 17 heavy (non-hydrogen) atoms. The van der Waals surface area contributed by atoms with Crippen LogP contribution in [0, 0.1) is 17.8 Å². The molecule has 0 saturated heterocycles. The Labute approximate surface area is 97.4 Å². The molecule has 6 heteroatoms. The molecule has 2 N–H and O–H groups in total. The van der Waals surface area contributed by atoms with Crippen molar-refractivity contribution >= 4 is 11.9 Å². The summed E-state index contributed by atoms with van der Waals surface area (Å²) in [5.41, 5.74) is 0. The summed E-state index contributed by atoms with van der Waals surface area (Å²) in [4.78, 5) is 22.3. The fraction of sp³-hybridized carbons (Fsp3) is 0.818. The molecule has 3 atom stereocenters. The Morgan fingerprint density at radius 1 is 1.35 bits per heavy atom. The van der Waals surface area contributed by atoms with Crippen molar-refractivity contribution in [1.29, 1.82) is 0 Å². The third kappa shape index (κ3) is 3.14. The van der Waals surface area contributed by atoms with Crippen LogP contribution in [0.5, 0.6) is 0 Å². The highest BCUT2D eigenvalue weighted by molar-refractivity contribution is 5.86. The third-order valence-corrected chi connectivity index (χ3v) is 3.43. The van der Waals surface area contributed by atoms with Crippen LogP contribution in [0.3, 0.4) is 0 Å². The standard InChI is InChI=1S/C11H15F2NO3/c12-9(13)4-8(11(16)17)14-10(15)7-3-6(7)5-1-2-5/h5-9H,1-4H2,(H,14,15)(H,16,17). The van der Waals surface area contributed by atoms with Gasteiger partial charge in [0.1, 0.15) is 6.04 Å². The molecule has 0 spiro atoms. The lowest BCUT2D eigenvalue weighted by Crippen LogP contribution is -2.43. The van der Waals surface area contributed by atoms with Gasteiger partial charge in [-0.3, -0.25) is 4.79 Å². The van der Waals surface area contributed by atoms with Crippen molar-refractivity contribution in [1.82, 2.24) is 5.32 Å². The second-order valence-corrected chi connectivity index (χ2v) is 4.87. The van der Waals surface area contributed by atoms with Crippen molar-refractivity contribution in [3.8, 4) is 0 Å². The third-order valence-electron chi connectivity index (χ3n) is 3.43. The Morgan fingerprint density at radius 2 is 2.00 bits per heavy atom. The van der Waals surface area contributed by atoms with E-state index in [0.717, 1.165) is 19.3 Å². The summed E-state index contributed by atoms with van der Waals surface area (Å²) in [6.45, 7) is 0. The molecule has 96 valence electrons. The number of amides is 1. The number of nitrogens with one attached hydrogen (secondary N) is 1. The molecule has 2 saturated carbocycles. The Morgan fingerprint density at radius 3 is 2.47 bits per heavy atom. The Balaban J connectivity index is 1.81. The molecule has 3 unspecified atom stereocenters. The molecule has 0 aromatic rings. The van der Waals surface area contributed by atoms with Crippen LogP contribution in [-0.4, -0.2) is 29.5 Å². The van der Waals surface area contributed by atoms with E-state index in [9.17, 15) is 18.4 Å². The van der Waals surface area contributed by atoms with Gasteiger partial charge in [-0.05, 0) is 31.1 Å². The predicted octanol–water partition coefficient (Wildman–Crippen LogP) is 1.26. The second kappa shape index (κ2) is 4.58. The number of aliphatic carboxylic acids is 1. The van der Waals surface area contributed by atoms with Gasteiger partial charge in [0, 0.05) is 12.3 Å². The highest BCUT2D eigenvalue weighted by atomic mass is 19.3. The number of halogens is 2. The quantitative estimate of drug-likeness (QED) is 0.742. The Hall–Kier alpha value is -1.20. The molecule has 4 nitrogen and oxygen atoms in total. The molecule has 2 aliphatic carbocycles. The van der Waals surface area contributed by atoms with Crippen LogP contribution in [0.4, 0.5) is 8.78 Å². The van der Waals surface area contributed by atoms with Gasteiger partial charge in [0.15, 0.2) is 0 Å². The number of carboxylic acid groups (broad SMARTS) is 1. The van der Waals surface area contributed by atoms with Crippen molar-refractivity contribution in [3.63, 3.8) is 0 Å². The minimum Gasteiger partial charge on any atom is -0.480 e. The molecule has 1 amide bonds. The normalized spacial score (nSPS) is 28.9. The Bertz CT molecular complexity index is 331. The highest BCUT2D eigenvalue weighted by Gasteiger charge is 2.51. The molecular formula is C11H15F2NO3. The largest absolute Gasteiger partial charge is 0.480 e.